The van der Waals surface area contributed by atoms with E-state index in [9.17, 15) is 0 Å². The van der Waals surface area contributed by atoms with Gasteiger partial charge in [0.25, 0.3) is 0 Å². The first kappa shape index (κ1) is 22.0. The van der Waals surface area contributed by atoms with E-state index in [1.54, 1.807) is 0 Å². The Morgan fingerprint density at radius 2 is 1.48 bits per heavy atom. The molecule has 3 rings (SSSR count). The summed E-state index contributed by atoms with van der Waals surface area (Å²) in [5.41, 5.74) is 0.0425. The number of rotatable bonds is 12. The maximum absolute atomic E-state index is 6.37. The molecule has 5 nitrogen and oxygen atoms in total. The Kier molecular flexibility index (Phi) is 9.33. The molecule has 3 fully saturated rings. The molecule has 154 valence electrons. The van der Waals surface area contributed by atoms with E-state index < -0.39 is 0 Å². The largest absolute Gasteiger partial charge is 0.457 e. The Balaban J connectivity index is 1.43. The number of ether oxygens (including phenoxy) is 1. The second kappa shape index (κ2) is 11.5. The van der Waals surface area contributed by atoms with Crippen LogP contribution in [0.3, 0.4) is 0 Å². The molecule has 3 heterocycles. The van der Waals surface area contributed by atoms with E-state index in [0.717, 1.165) is 18.4 Å². The average molecular weight is 398 g/mol. The number of fused-ring (bicyclic) bond motifs is 1. The third-order valence-electron chi connectivity index (χ3n) is 5.66. The molecule has 0 aromatic heterocycles. The van der Waals surface area contributed by atoms with Crippen LogP contribution in [0.1, 0.15) is 65.7 Å². The first-order chi connectivity index (χ1) is 13.3. The summed E-state index contributed by atoms with van der Waals surface area (Å²) in [5.74, 6) is 1.12. The monoisotopic (exact) mass is 398 g/mol. The number of unbranched alkanes of at least 4 members (excludes halogenated alkanes) is 6. The fourth-order valence-corrected chi connectivity index (χ4v) is 5.30. The quantitative estimate of drug-likeness (QED) is 0.359. The van der Waals surface area contributed by atoms with Crippen molar-refractivity contribution in [2.45, 2.75) is 108 Å². The Morgan fingerprint density at radius 3 is 2.19 bits per heavy atom. The molecule has 3 saturated heterocycles. The van der Waals surface area contributed by atoms with E-state index in [1.165, 1.54) is 44.9 Å². The highest BCUT2D eigenvalue weighted by Gasteiger charge is 2.56. The van der Waals surface area contributed by atoms with Gasteiger partial charge < -0.3 is 23.4 Å². The number of thioether (sulfide) groups is 1. The van der Waals surface area contributed by atoms with Crippen molar-refractivity contribution < 1.29 is 23.4 Å². The molecule has 0 N–H and O–H groups in total. The van der Waals surface area contributed by atoms with E-state index in [4.69, 9.17) is 23.4 Å². The first-order valence-electron chi connectivity index (χ1n) is 11.1. The normalized spacial score (nSPS) is 33.2. The summed E-state index contributed by atoms with van der Waals surface area (Å²) in [7, 11) is -0.224. The van der Waals surface area contributed by atoms with Crippen molar-refractivity contribution in [3.63, 3.8) is 0 Å². The topological polar surface area (TPSA) is 46.2 Å². The predicted molar refractivity (Wildman–Crippen MR) is 112 cm³/mol. The Labute approximate surface area is 170 Å². The van der Waals surface area contributed by atoms with Crippen molar-refractivity contribution in [2.75, 3.05) is 12.4 Å². The summed E-state index contributed by atoms with van der Waals surface area (Å²) in [5, 5.41) is 0. The summed E-state index contributed by atoms with van der Waals surface area (Å²) >= 11 is 1.89. The van der Waals surface area contributed by atoms with Crippen LogP contribution in [0, 0.1) is 0 Å². The second-order valence-electron chi connectivity index (χ2n) is 7.85. The molecule has 3 aliphatic heterocycles. The van der Waals surface area contributed by atoms with Gasteiger partial charge in [0.2, 0.25) is 0 Å². The Hall–Kier alpha value is 0.280. The van der Waals surface area contributed by atoms with Crippen molar-refractivity contribution in [1.29, 1.82) is 0 Å². The molecule has 0 aliphatic carbocycles. The lowest BCUT2D eigenvalue weighted by atomic mass is 9.86. The van der Waals surface area contributed by atoms with Crippen LogP contribution < -0.4 is 0 Å². The molecule has 5 unspecified atom stereocenters. The van der Waals surface area contributed by atoms with E-state index >= 15 is 0 Å². The molecule has 5 atom stereocenters. The average Bonchev–Trinajstić information content (AvgIpc) is 3.39. The highest BCUT2D eigenvalue weighted by atomic mass is 32.2. The zero-order chi connectivity index (χ0) is 19.1. The van der Waals surface area contributed by atoms with Crippen molar-refractivity contribution in [3.8, 4) is 0 Å². The van der Waals surface area contributed by atoms with Gasteiger partial charge in [0.15, 0.2) is 0 Å². The highest BCUT2D eigenvalue weighted by Crippen LogP contribution is 2.41. The fourth-order valence-electron chi connectivity index (χ4n) is 4.08. The number of hydrogen-bond donors (Lipinski definition) is 0. The molecule has 0 radical (unpaired) electrons. The van der Waals surface area contributed by atoms with Gasteiger partial charge in [-0.2, -0.15) is 0 Å². The minimum absolute atomic E-state index is 0.0128. The molecule has 3 aliphatic rings. The molecule has 0 amide bonds. The molecule has 8 heteroatoms. The summed E-state index contributed by atoms with van der Waals surface area (Å²) in [6.07, 6.45) is 10.9. The van der Waals surface area contributed by atoms with Crippen LogP contribution in [-0.2, 0) is 23.4 Å². The summed E-state index contributed by atoms with van der Waals surface area (Å²) in [6, 6.07) is 0. The number of hydrogen-bond acceptors (Lipinski definition) is 6. The molecular weight excluding hydrogens is 362 g/mol. The van der Waals surface area contributed by atoms with E-state index in [1.807, 2.05) is 11.8 Å². The van der Waals surface area contributed by atoms with Gasteiger partial charge in [0, 0.05) is 0 Å². The Bertz CT molecular complexity index is 433. The maximum Gasteiger partial charge on any atom is 0.457 e. The van der Waals surface area contributed by atoms with Gasteiger partial charge in [-0.1, -0.05) is 59.3 Å². The van der Waals surface area contributed by atoms with Gasteiger partial charge in [0.1, 0.15) is 17.6 Å². The van der Waals surface area contributed by atoms with Gasteiger partial charge in [-0.25, -0.2) is 0 Å². The lowest BCUT2D eigenvalue weighted by molar-refractivity contribution is -0.0289. The summed E-state index contributed by atoms with van der Waals surface area (Å²) in [6.45, 7) is 7.03. The zero-order valence-electron chi connectivity index (χ0n) is 17.3. The molecule has 27 heavy (non-hydrogen) atoms. The van der Waals surface area contributed by atoms with Crippen LogP contribution in [0.25, 0.3) is 0 Å². The smallest absolute Gasteiger partial charge is 0.408 e. The van der Waals surface area contributed by atoms with Gasteiger partial charge in [-0.15, -0.1) is 11.8 Å². The van der Waals surface area contributed by atoms with Crippen LogP contribution >= 0.6 is 11.8 Å². The zero-order valence-corrected chi connectivity index (χ0v) is 18.1. The van der Waals surface area contributed by atoms with Crippen molar-refractivity contribution >= 4 is 26.0 Å². The minimum atomic E-state index is -0.114. The third-order valence-corrected chi connectivity index (χ3v) is 6.89. The molecule has 0 bridgehead atoms. The van der Waals surface area contributed by atoms with Crippen molar-refractivity contribution in [1.82, 2.24) is 0 Å². The van der Waals surface area contributed by atoms with Gasteiger partial charge >= 0.3 is 14.2 Å². The Morgan fingerprint density at radius 1 is 0.778 bits per heavy atom. The van der Waals surface area contributed by atoms with E-state index in [-0.39, 0.29) is 44.1 Å². The van der Waals surface area contributed by atoms with Crippen LogP contribution in [0.15, 0.2) is 0 Å². The highest BCUT2D eigenvalue weighted by molar-refractivity contribution is 7.99. The summed E-state index contributed by atoms with van der Waals surface area (Å²) < 4.78 is 30.4. The van der Waals surface area contributed by atoms with Gasteiger partial charge in [-0.05, 0) is 24.8 Å². The third kappa shape index (κ3) is 5.89. The van der Waals surface area contributed by atoms with E-state index in [2.05, 4.69) is 20.8 Å². The standard InChI is InChI=1S/C19H36B2O5S/c1-4-7-8-9-10-11-12-13-27-19-18-17(25-21(6-3)26-18)16(23-19)15-14-22-20(5-2)24-15/h15-19H,4-14H2,1-3H3. The summed E-state index contributed by atoms with van der Waals surface area (Å²) in [4.78, 5) is 0. The van der Waals surface area contributed by atoms with Gasteiger partial charge in [0.05, 0.1) is 18.8 Å². The molecule has 0 saturated carbocycles. The molecule has 0 aromatic rings. The van der Waals surface area contributed by atoms with E-state index in [0.29, 0.717) is 6.61 Å². The maximum atomic E-state index is 6.37. The SMILES string of the molecule is CCCCCCCCCSC1OC(C2COB(CC)O2)C2OB(CC)OC12. The minimum Gasteiger partial charge on any atom is -0.408 e. The molecule has 0 aromatic carbocycles. The van der Waals surface area contributed by atoms with Crippen LogP contribution in [0.4, 0.5) is 0 Å². The van der Waals surface area contributed by atoms with Gasteiger partial charge in [-0.3, -0.25) is 0 Å². The van der Waals surface area contributed by atoms with Crippen molar-refractivity contribution in [2.24, 2.45) is 0 Å². The second-order valence-corrected chi connectivity index (χ2v) is 9.05. The van der Waals surface area contributed by atoms with Crippen molar-refractivity contribution in [3.05, 3.63) is 0 Å². The lowest BCUT2D eigenvalue weighted by Gasteiger charge is -2.23. The fraction of sp³-hybridized carbons (Fsp3) is 1.00. The molecular formula is C19H36B2O5S. The van der Waals surface area contributed by atoms with Crippen LogP contribution in [0.2, 0.25) is 12.6 Å². The molecule has 0 spiro atoms. The lowest BCUT2D eigenvalue weighted by Crippen LogP contribution is -2.39. The van der Waals surface area contributed by atoms with Crippen LogP contribution in [-0.4, -0.2) is 56.4 Å². The van der Waals surface area contributed by atoms with Crippen LogP contribution in [0.5, 0.6) is 0 Å². The first-order valence-corrected chi connectivity index (χ1v) is 12.2. The predicted octanol–water partition coefficient (Wildman–Crippen LogP) is 4.41.